The van der Waals surface area contributed by atoms with Crippen LogP contribution in [0.1, 0.15) is 18.2 Å². The van der Waals surface area contributed by atoms with Crippen molar-refractivity contribution in [1.29, 1.82) is 0 Å². The number of nitrogens with zero attached hydrogens (tertiary/aromatic N) is 2. The molecule has 3 aromatic rings. The van der Waals surface area contributed by atoms with Gasteiger partial charge < -0.3 is 14.6 Å². The average molecular weight is 416 g/mol. The number of hydrogen-bond acceptors (Lipinski definition) is 4. The first-order valence-corrected chi connectivity index (χ1v) is 10.7. The Morgan fingerprint density at radius 2 is 1.69 bits per heavy atom. The molecule has 29 heavy (non-hydrogen) atoms. The summed E-state index contributed by atoms with van der Waals surface area (Å²) in [5.41, 5.74) is 2.33. The summed E-state index contributed by atoms with van der Waals surface area (Å²) >= 11 is 0. The van der Waals surface area contributed by atoms with Crippen molar-refractivity contribution in [2.45, 2.75) is 24.8 Å². The summed E-state index contributed by atoms with van der Waals surface area (Å²) in [6.45, 7) is 2.42. The van der Waals surface area contributed by atoms with Crippen molar-refractivity contribution in [3.63, 3.8) is 0 Å². The van der Waals surface area contributed by atoms with E-state index in [2.05, 4.69) is 5.32 Å². The lowest BCUT2D eigenvalue weighted by atomic mass is 10.1. The number of carbonyl (C=O) groups excluding carboxylic acids is 1. The van der Waals surface area contributed by atoms with Crippen LogP contribution >= 0.6 is 0 Å². The smallest absolute Gasteiger partial charge is 0.321 e. The molecular weight excluding hydrogens is 390 g/mol. The van der Waals surface area contributed by atoms with E-state index < -0.39 is 10.0 Å². The summed E-state index contributed by atoms with van der Waals surface area (Å²) in [5.74, 6) is 0.865. The maximum Gasteiger partial charge on any atom is 0.321 e. The molecule has 1 heterocycles. The van der Waals surface area contributed by atoms with E-state index in [1.165, 1.54) is 26.2 Å². The molecule has 0 unspecified atom stereocenters. The van der Waals surface area contributed by atoms with Gasteiger partial charge in [-0.05, 0) is 30.3 Å². The Balaban J connectivity index is 1.73. The molecule has 0 aliphatic rings. The number of amides is 2. The Bertz CT molecular complexity index is 1120. The van der Waals surface area contributed by atoms with Crippen LogP contribution in [0.15, 0.2) is 57.8 Å². The third kappa shape index (κ3) is 4.28. The van der Waals surface area contributed by atoms with Crippen LogP contribution in [0.2, 0.25) is 0 Å². The number of para-hydroxylation sites is 1. The monoisotopic (exact) mass is 415 g/mol. The lowest BCUT2D eigenvalue weighted by Gasteiger charge is -2.18. The van der Waals surface area contributed by atoms with Crippen molar-refractivity contribution in [3.8, 4) is 0 Å². The first-order valence-electron chi connectivity index (χ1n) is 9.28. The average Bonchev–Trinajstić information content (AvgIpc) is 3.06. The Morgan fingerprint density at radius 3 is 2.31 bits per heavy atom. The number of benzene rings is 2. The van der Waals surface area contributed by atoms with Crippen molar-refractivity contribution in [2.75, 3.05) is 26.5 Å². The summed E-state index contributed by atoms with van der Waals surface area (Å²) in [6, 6.07) is 13.6. The number of anilines is 1. The number of carbonyl (C=O) groups is 1. The molecule has 0 bridgehead atoms. The van der Waals surface area contributed by atoms with Crippen LogP contribution in [-0.2, 0) is 23.0 Å². The van der Waals surface area contributed by atoms with E-state index in [9.17, 15) is 13.2 Å². The van der Waals surface area contributed by atoms with E-state index >= 15 is 0 Å². The van der Waals surface area contributed by atoms with Crippen LogP contribution in [0.4, 0.5) is 10.5 Å². The standard InChI is InChI=1S/C21H25N3O4S/c1-5-19-18(17-8-6-7-9-20(17)28-19)14-24(4)21(25)22-15-10-12-16(13-11-15)29(26,27)23(2)3/h6-13H,5,14H2,1-4H3,(H,22,25). The SMILES string of the molecule is CCc1oc2ccccc2c1CN(C)C(=O)Nc1ccc(S(=O)(=O)N(C)C)cc1. The maximum absolute atomic E-state index is 12.6. The highest BCUT2D eigenvalue weighted by atomic mass is 32.2. The van der Waals surface area contributed by atoms with Gasteiger partial charge in [-0.3, -0.25) is 0 Å². The highest BCUT2D eigenvalue weighted by Crippen LogP contribution is 2.27. The molecule has 1 N–H and O–H groups in total. The third-order valence-electron chi connectivity index (χ3n) is 4.73. The zero-order chi connectivity index (χ0) is 21.2. The molecule has 0 fully saturated rings. The molecule has 7 nitrogen and oxygen atoms in total. The van der Waals surface area contributed by atoms with Gasteiger partial charge in [0.05, 0.1) is 11.4 Å². The van der Waals surface area contributed by atoms with Gasteiger partial charge in [0.2, 0.25) is 10.0 Å². The van der Waals surface area contributed by atoms with Crippen molar-refractivity contribution >= 4 is 32.7 Å². The van der Waals surface area contributed by atoms with Crippen molar-refractivity contribution < 1.29 is 17.6 Å². The Kier molecular flexibility index (Phi) is 5.95. The van der Waals surface area contributed by atoms with Gasteiger partial charge in [0.15, 0.2) is 0 Å². The number of fused-ring (bicyclic) bond motifs is 1. The number of sulfonamides is 1. The summed E-state index contributed by atoms with van der Waals surface area (Å²) in [5, 5.41) is 3.80. The third-order valence-corrected chi connectivity index (χ3v) is 6.56. The van der Waals surface area contributed by atoms with E-state index in [-0.39, 0.29) is 10.9 Å². The van der Waals surface area contributed by atoms with Gasteiger partial charge in [-0.15, -0.1) is 0 Å². The fourth-order valence-electron chi connectivity index (χ4n) is 3.06. The number of aryl methyl sites for hydroxylation is 1. The number of furan rings is 1. The summed E-state index contributed by atoms with van der Waals surface area (Å²) in [7, 11) is 1.16. The number of urea groups is 1. The second-order valence-electron chi connectivity index (χ2n) is 6.95. The molecule has 0 aliphatic carbocycles. The van der Waals surface area contributed by atoms with Crippen LogP contribution < -0.4 is 5.32 Å². The van der Waals surface area contributed by atoms with Gasteiger partial charge in [-0.25, -0.2) is 17.5 Å². The summed E-state index contributed by atoms with van der Waals surface area (Å²) < 4.78 is 31.3. The molecule has 0 aliphatic heterocycles. The minimum absolute atomic E-state index is 0.173. The van der Waals surface area contributed by atoms with E-state index in [1.54, 1.807) is 24.1 Å². The van der Waals surface area contributed by atoms with Gasteiger partial charge in [0.1, 0.15) is 11.3 Å². The minimum Gasteiger partial charge on any atom is -0.461 e. The first-order chi connectivity index (χ1) is 13.7. The van der Waals surface area contributed by atoms with Gasteiger partial charge in [-0.1, -0.05) is 25.1 Å². The largest absolute Gasteiger partial charge is 0.461 e. The van der Waals surface area contributed by atoms with Gasteiger partial charge in [0, 0.05) is 44.2 Å². The van der Waals surface area contributed by atoms with Crippen molar-refractivity contribution in [3.05, 3.63) is 59.9 Å². The normalized spacial score (nSPS) is 11.8. The molecule has 0 spiro atoms. The Hall–Kier alpha value is -2.84. The van der Waals surface area contributed by atoms with Crippen LogP contribution in [-0.4, -0.2) is 44.8 Å². The second kappa shape index (κ2) is 8.26. The second-order valence-corrected chi connectivity index (χ2v) is 9.10. The zero-order valence-electron chi connectivity index (χ0n) is 17.0. The lowest BCUT2D eigenvalue weighted by Crippen LogP contribution is -2.31. The van der Waals surface area contributed by atoms with Crippen LogP contribution in [0.25, 0.3) is 11.0 Å². The molecule has 3 rings (SSSR count). The van der Waals surface area contributed by atoms with Crippen LogP contribution in [0.5, 0.6) is 0 Å². The highest BCUT2D eigenvalue weighted by molar-refractivity contribution is 7.89. The molecule has 2 amide bonds. The fourth-order valence-corrected chi connectivity index (χ4v) is 3.96. The van der Waals surface area contributed by atoms with Crippen LogP contribution in [0.3, 0.4) is 0 Å². The fraction of sp³-hybridized carbons (Fsp3) is 0.286. The summed E-state index contributed by atoms with van der Waals surface area (Å²) in [4.78, 5) is 14.4. The maximum atomic E-state index is 12.6. The molecule has 0 radical (unpaired) electrons. The van der Waals surface area contributed by atoms with E-state index in [4.69, 9.17) is 4.42 Å². The van der Waals surface area contributed by atoms with Gasteiger partial charge >= 0.3 is 6.03 Å². The molecular formula is C21H25N3O4S. The number of rotatable bonds is 6. The van der Waals surface area contributed by atoms with Crippen molar-refractivity contribution in [1.82, 2.24) is 9.21 Å². The minimum atomic E-state index is -3.50. The summed E-state index contributed by atoms with van der Waals surface area (Å²) in [6.07, 6.45) is 0.737. The topological polar surface area (TPSA) is 82.9 Å². The predicted molar refractivity (Wildman–Crippen MR) is 113 cm³/mol. The van der Waals surface area contributed by atoms with Gasteiger partial charge in [-0.2, -0.15) is 0 Å². The molecule has 2 aromatic carbocycles. The molecule has 1 aromatic heterocycles. The predicted octanol–water partition coefficient (Wildman–Crippen LogP) is 3.91. The van der Waals surface area contributed by atoms with Crippen molar-refractivity contribution in [2.24, 2.45) is 0 Å². The lowest BCUT2D eigenvalue weighted by molar-refractivity contribution is 0.220. The Labute approximate surface area is 171 Å². The molecule has 0 atom stereocenters. The quantitative estimate of drug-likeness (QED) is 0.662. The Morgan fingerprint density at radius 1 is 1.03 bits per heavy atom. The molecule has 0 saturated carbocycles. The molecule has 0 saturated heterocycles. The first kappa shape index (κ1) is 20.9. The van der Waals surface area contributed by atoms with Gasteiger partial charge in [0.25, 0.3) is 0 Å². The molecule has 154 valence electrons. The number of hydrogen-bond donors (Lipinski definition) is 1. The zero-order valence-corrected chi connectivity index (χ0v) is 17.8. The molecule has 8 heteroatoms. The van der Waals surface area contributed by atoms with Crippen LogP contribution in [0, 0.1) is 0 Å². The highest BCUT2D eigenvalue weighted by Gasteiger charge is 2.19. The van der Waals surface area contributed by atoms with E-state index in [0.717, 1.165) is 33.0 Å². The van der Waals surface area contributed by atoms with E-state index in [1.807, 2.05) is 31.2 Å². The number of nitrogens with one attached hydrogen (secondary N) is 1. The van der Waals surface area contributed by atoms with E-state index in [0.29, 0.717) is 12.2 Å².